The van der Waals surface area contributed by atoms with E-state index in [1.54, 1.807) is 48.5 Å². The molecule has 0 spiro atoms. The second kappa shape index (κ2) is 9.36. The van der Waals surface area contributed by atoms with Crippen molar-refractivity contribution in [3.8, 4) is 11.8 Å². The van der Waals surface area contributed by atoms with Crippen molar-refractivity contribution in [3.63, 3.8) is 0 Å². The van der Waals surface area contributed by atoms with Crippen molar-refractivity contribution in [1.29, 1.82) is 0 Å². The van der Waals surface area contributed by atoms with Gasteiger partial charge in [-0.1, -0.05) is 78.9 Å². The van der Waals surface area contributed by atoms with Gasteiger partial charge >= 0.3 is 5.97 Å². The van der Waals surface area contributed by atoms with Crippen LogP contribution in [0.3, 0.4) is 0 Å². The normalized spacial score (nSPS) is 14.9. The SMILES string of the molecule is O=C(OCC#CCN1CCCCC1)C(O)(c1ccccc1)c1ccccc1. The lowest BCUT2D eigenvalue weighted by Crippen LogP contribution is -2.38. The Morgan fingerprint density at radius 2 is 1.48 bits per heavy atom. The third-order valence-electron chi connectivity index (χ3n) is 4.83. The molecule has 4 nitrogen and oxygen atoms in total. The van der Waals surface area contributed by atoms with Crippen molar-refractivity contribution in [3.05, 3.63) is 71.8 Å². The van der Waals surface area contributed by atoms with E-state index in [4.69, 9.17) is 4.74 Å². The third kappa shape index (κ3) is 4.77. The van der Waals surface area contributed by atoms with E-state index in [2.05, 4.69) is 16.7 Å². The Bertz CT molecular complexity index is 747. The Hall–Kier alpha value is -2.61. The first-order valence-corrected chi connectivity index (χ1v) is 9.40. The molecule has 2 aromatic rings. The number of likely N-dealkylation sites (tertiary alicyclic amines) is 1. The van der Waals surface area contributed by atoms with Crippen LogP contribution >= 0.6 is 0 Å². The van der Waals surface area contributed by atoms with E-state index in [-0.39, 0.29) is 6.61 Å². The smallest absolute Gasteiger partial charge is 0.348 e. The Labute approximate surface area is 160 Å². The lowest BCUT2D eigenvalue weighted by atomic mass is 9.86. The molecule has 0 saturated carbocycles. The largest absolute Gasteiger partial charge is 0.450 e. The summed E-state index contributed by atoms with van der Waals surface area (Å²) in [7, 11) is 0. The summed E-state index contributed by atoms with van der Waals surface area (Å²) in [5.41, 5.74) is -0.901. The first kappa shape index (κ1) is 19.2. The highest BCUT2D eigenvalue weighted by molar-refractivity contribution is 5.85. The number of carbonyl (C=O) groups excluding carboxylic acids is 1. The molecule has 0 unspecified atom stereocenters. The van der Waals surface area contributed by atoms with Crippen molar-refractivity contribution in [2.75, 3.05) is 26.2 Å². The summed E-state index contributed by atoms with van der Waals surface area (Å²) in [5, 5.41) is 11.3. The number of ether oxygens (including phenoxy) is 1. The maximum Gasteiger partial charge on any atom is 0.348 e. The van der Waals surface area contributed by atoms with E-state index in [0.29, 0.717) is 17.7 Å². The molecule has 2 aromatic carbocycles. The van der Waals surface area contributed by atoms with E-state index in [9.17, 15) is 9.90 Å². The van der Waals surface area contributed by atoms with E-state index in [1.807, 2.05) is 12.1 Å². The molecule has 0 aromatic heterocycles. The summed E-state index contributed by atoms with van der Waals surface area (Å²) >= 11 is 0. The average Bonchev–Trinajstić information content (AvgIpc) is 2.74. The van der Waals surface area contributed by atoms with Gasteiger partial charge in [0, 0.05) is 0 Å². The summed E-state index contributed by atoms with van der Waals surface area (Å²) in [6.07, 6.45) is 3.73. The van der Waals surface area contributed by atoms with Gasteiger partial charge in [-0.2, -0.15) is 0 Å². The lowest BCUT2D eigenvalue weighted by Gasteiger charge is -2.26. The zero-order valence-electron chi connectivity index (χ0n) is 15.4. The van der Waals surface area contributed by atoms with Crippen LogP contribution in [-0.2, 0) is 15.1 Å². The van der Waals surface area contributed by atoms with Crippen LogP contribution in [0.5, 0.6) is 0 Å². The fourth-order valence-corrected chi connectivity index (χ4v) is 3.30. The molecule has 0 bridgehead atoms. The number of benzene rings is 2. The number of hydrogen-bond acceptors (Lipinski definition) is 4. The van der Waals surface area contributed by atoms with Crippen molar-refractivity contribution in [1.82, 2.24) is 4.90 Å². The molecule has 1 aliphatic rings. The van der Waals surface area contributed by atoms with Gasteiger partial charge in [0.1, 0.15) is 0 Å². The van der Waals surface area contributed by atoms with Gasteiger partial charge < -0.3 is 9.84 Å². The molecule has 0 amide bonds. The van der Waals surface area contributed by atoms with E-state index >= 15 is 0 Å². The summed E-state index contributed by atoms with van der Waals surface area (Å²) < 4.78 is 5.32. The first-order chi connectivity index (χ1) is 13.2. The third-order valence-corrected chi connectivity index (χ3v) is 4.83. The van der Waals surface area contributed by atoms with Gasteiger partial charge in [0.2, 0.25) is 5.60 Å². The van der Waals surface area contributed by atoms with Gasteiger partial charge in [-0.05, 0) is 37.1 Å². The van der Waals surface area contributed by atoms with Crippen LogP contribution < -0.4 is 0 Å². The van der Waals surface area contributed by atoms with Gasteiger partial charge in [0.25, 0.3) is 0 Å². The lowest BCUT2D eigenvalue weighted by molar-refractivity contribution is -0.160. The highest BCUT2D eigenvalue weighted by atomic mass is 16.5. The standard InChI is InChI=1S/C23H25NO3/c25-22(27-19-11-10-18-24-16-8-3-9-17-24)23(26,20-12-4-1-5-13-20)21-14-6-2-7-15-21/h1-2,4-7,12-15,26H,3,8-9,16-19H2. The zero-order chi connectivity index (χ0) is 19.0. The number of nitrogens with zero attached hydrogens (tertiary/aromatic N) is 1. The molecule has 1 heterocycles. The summed E-state index contributed by atoms with van der Waals surface area (Å²) in [6.45, 7) is 2.82. The van der Waals surface area contributed by atoms with E-state index in [0.717, 1.165) is 13.1 Å². The highest BCUT2D eigenvalue weighted by Crippen LogP contribution is 2.30. The second-order valence-corrected chi connectivity index (χ2v) is 6.71. The molecule has 27 heavy (non-hydrogen) atoms. The molecule has 1 N–H and O–H groups in total. The molecular weight excluding hydrogens is 338 g/mol. The molecule has 140 valence electrons. The monoisotopic (exact) mass is 363 g/mol. The Balaban J connectivity index is 1.67. The number of piperidine rings is 1. The molecule has 0 atom stereocenters. The Morgan fingerprint density at radius 1 is 0.926 bits per heavy atom. The van der Waals surface area contributed by atoms with Crippen LogP contribution in [0.15, 0.2) is 60.7 Å². The second-order valence-electron chi connectivity index (χ2n) is 6.71. The number of rotatable bonds is 5. The topological polar surface area (TPSA) is 49.8 Å². The summed E-state index contributed by atoms with van der Waals surface area (Å²) in [5.74, 6) is 5.24. The van der Waals surface area contributed by atoms with Crippen LogP contribution in [0.25, 0.3) is 0 Å². The van der Waals surface area contributed by atoms with Crippen molar-refractivity contribution >= 4 is 5.97 Å². The fourth-order valence-electron chi connectivity index (χ4n) is 3.30. The van der Waals surface area contributed by atoms with Crippen molar-refractivity contribution in [2.45, 2.75) is 24.9 Å². The first-order valence-electron chi connectivity index (χ1n) is 9.40. The van der Waals surface area contributed by atoms with Crippen molar-refractivity contribution < 1.29 is 14.6 Å². The highest BCUT2D eigenvalue weighted by Gasteiger charge is 2.41. The van der Waals surface area contributed by atoms with Gasteiger partial charge in [-0.15, -0.1) is 0 Å². The molecule has 0 aliphatic carbocycles. The molecule has 0 radical (unpaired) electrons. The molecule has 4 heteroatoms. The fraction of sp³-hybridized carbons (Fsp3) is 0.348. The van der Waals surface area contributed by atoms with Crippen molar-refractivity contribution in [2.24, 2.45) is 0 Å². The van der Waals surface area contributed by atoms with Crippen LogP contribution in [0.2, 0.25) is 0 Å². The predicted octanol–water partition coefficient (Wildman–Crippen LogP) is 2.96. The van der Waals surface area contributed by atoms with Gasteiger partial charge in [0.05, 0.1) is 6.54 Å². The predicted molar refractivity (Wildman–Crippen MR) is 105 cm³/mol. The molecule has 3 rings (SSSR count). The van der Waals surface area contributed by atoms with E-state index in [1.165, 1.54) is 19.3 Å². The van der Waals surface area contributed by atoms with Crippen LogP contribution in [0.4, 0.5) is 0 Å². The van der Waals surface area contributed by atoms with E-state index < -0.39 is 11.6 Å². The maximum atomic E-state index is 12.8. The molecule has 1 aliphatic heterocycles. The molecule has 1 saturated heterocycles. The molecular formula is C23H25NO3. The molecule has 1 fully saturated rings. The summed E-state index contributed by atoms with van der Waals surface area (Å²) in [4.78, 5) is 15.1. The quantitative estimate of drug-likeness (QED) is 0.655. The minimum atomic E-state index is -1.85. The number of hydrogen-bond donors (Lipinski definition) is 1. The average molecular weight is 363 g/mol. The number of carbonyl (C=O) groups is 1. The van der Waals surface area contributed by atoms with Gasteiger partial charge in [-0.25, -0.2) is 4.79 Å². The van der Waals surface area contributed by atoms with Gasteiger partial charge in [0.15, 0.2) is 6.61 Å². The Kier molecular flexibility index (Phi) is 6.64. The Morgan fingerprint density at radius 3 is 2.04 bits per heavy atom. The maximum absolute atomic E-state index is 12.8. The summed E-state index contributed by atoms with van der Waals surface area (Å²) in [6, 6.07) is 17.7. The number of esters is 1. The minimum absolute atomic E-state index is 0.0331. The van der Waals surface area contributed by atoms with Crippen LogP contribution in [0, 0.1) is 11.8 Å². The number of aliphatic hydroxyl groups is 1. The van der Waals surface area contributed by atoms with Crippen LogP contribution in [-0.4, -0.2) is 42.2 Å². The van der Waals surface area contributed by atoms with Crippen LogP contribution in [0.1, 0.15) is 30.4 Å². The zero-order valence-corrected chi connectivity index (χ0v) is 15.4. The van der Waals surface area contributed by atoms with Gasteiger partial charge in [-0.3, -0.25) is 4.90 Å². The minimum Gasteiger partial charge on any atom is -0.450 e.